The summed E-state index contributed by atoms with van der Waals surface area (Å²) in [5.41, 5.74) is -0.502. The van der Waals surface area contributed by atoms with E-state index in [1.165, 1.54) is 18.2 Å². The van der Waals surface area contributed by atoms with Crippen LogP contribution in [0.25, 0.3) is 0 Å². The molecule has 0 bridgehead atoms. The lowest BCUT2D eigenvalue weighted by atomic mass is 10.1. The quantitative estimate of drug-likeness (QED) is 0.833. The first-order chi connectivity index (χ1) is 7.93. The van der Waals surface area contributed by atoms with Gasteiger partial charge in [0.1, 0.15) is 5.82 Å². The molecule has 1 aromatic carbocycles. The van der Waals surface area contributed by atoms with Crippen LogP contribution in [0.1, 0.15) is 17.3 Å². The van der Waals surface area contributed by atoms with Crippen molar-refractivity contribution < 1.29 is 9.18 Å². The van der Waals surface area contributed by atoms with E-state index in [2.05, 4.69) is 21.2 Å². The van der Waals surface area contributed by atoms with Gasteiger partial charge in [0.2, 0.25) is 0 Å². The molecule has 0 saturated heterocycles. The highest BCUT2D eigenvalue weighted by molar-refractivity contribution is 9.10. The highest BCUT2D eigenvalue weighted by Crippen LogP contribution is 2.21. The number of nitrogens with one attached hydrogen (secondary N) is 1. The van der Waals surface area contributed by atoms with Crippen molar-refractivity contribution in [2.24, 2.45) is 0 Å². The van der Waals surface area contributed by atoms with Crippen LogP contribution in [-0.4, -0.2) is 23.2 Å². The lowest BCUT2D eigenvalue weighted by Crippen LogP contribution is -2.49. The lowest BCUT2D eigenvalue weighted by molar-refractivity contribution is 0.0920. The molecule has 0 fully saturated rings. The molecule has 1 aromatic rings. The highest BCUT2D eigenvalue weighted by Gasteiger charge is 2.26. The summed E-state index contributed by atoms with van der Waals surface area (Å²) in [5.74, 6) is -0.555. The van der Waals surface area contributed by atoms with Gasteiger partial charge in [-0.3, -0.25) is 4.79 Å². The van der Waals surface area contributed by atoms with E-state index in [9.17, 15) is 9.18 Å². The van der Waals surface area contributed by atoms with Crippen molar-refractivity contribution >= 4 is 45.0 Å². The largest absolute Gasteiger partial charge is 0.344 e. The number of carbonyl (C=O) groups excluding carboxylic acids is 1. The Kier molecular flexibility index (Phi) is 5.22. The molecule has 0 aliphatic carbocycles. The number of carbonyl (C=O) groups is 1. The lowest BCUT2D eigenvalue weighted by Gasteiger charge is -2.26. The third kappa shape index (κ3) is 3.57. The number of halogens is 4. The summed E-state index contributed by atoms with van der Waals surface area (Å²) in [7, 11) is 0. The predicted molar refractivity (Wildman–Crippen MR) is 71.4 cm³/mol. The van der Waals surface area contributed by atoms with Gasteiger partial charge in [-0.05, 0) is 35.0 Å². The van der Waals surface area contributed by atoms with E-state index in [1.807, 2.05) is 0 Å². The minimum absolute atomic E-state index is 0.129. The molecular formula is C11H11BrCl2FNO. The zero-order chi connectivity index (χ0) is 13.1. The van der Waals surface area contributed by atoms with Crippen LogP contribution in [0.2, 0.25) is 0 Å². The molecule has 0 heterocycles. The Morgan fingerprint density at radius 2 is 2.06 bits per heavy atom. The van der Waals surface area contributed by atoms with E-state index in [0.717, 1.165) is 0 Å². The summed E-state index contributed by atoms with van der Waals surface area (Å²) >= 11 is 14.5. The summed E-state index contributed by atoms with van der Waals surface area (Å²) in [6.07, 6.45) is 0. The molecule has 6 heteroatoms. The summed E-state index contributed by atoms with van der Waals surface area (Å²) in [4.78, 5) is 11.9. The van der Waals surface area contributed by atoms with E-state index in [4.69, 9.17) is 23.2 Å². The number of hydrogen-bond donors (Lipinski definition) is 1. The summed E-state index contributed by atoms with van der Waals surface area (Å²) in [5, 5.41) is 2.68. The molecule has 1 rings (SSSR count). The maximum absolute atomic E-state index is 13.3. The van der Waals surface area contributed by atoms with E-state index < -0.39 is 17.3 Å². The van der Waals surface area contributed by atoms with Crippen molar-refractivity contribution in [3.63, 3.8) is 0 Å². The van der Waals surface area contributed by atoms with Crippen LogP contribution in [-0.2, 0) is 0 Å². The molecule has 0 spiro atoms. The van der Waals surface area contributed by atoms with Crippen LogP contribution < -0.4 is 5.32 Å². The molecular weight excluding hydrogens is 332 g/mol. The molecule has 0 saturated carbocycles. The maximum atomic E-state index is 13.3. The van der Waals surface area contributed by atoms with E-state index >= 15 is 0 Å². The van der Waals surface area contributed by atoms with E-state index in [-0.39, 0.29) is 21.8 Å². The SMILES string of the molecule is CC(CCl)(CCl)NC(=O)c1cccc(F)c1Br. The molecule has 17 heavy (non-hydrogen) atoms. The van der Waals surface area contributed by atoms with Crippen LogP contribution in [0.4, 0.5) is 4.39 Å². The number of amides is 1. The van der Waals surface area contributed by atoms with Crippen molar-refractivity contribution in [3.8, 4) is 0 Å². The molecule has 0 aliphatic rings. The van der Waals surface area contributed by atoms with Gasteiger partial charge in [0.25, 0.3) is 5.91 Å². The Morgan fingerprint density at radius 3 is 2.59 bits per heavy atom. The molecule has 0 radical (unpaired) electrons. The molecule has 2 nitrogen and oxygen atoms in total. The zero-order valence-electron chi connectivity index (χ0n) is 9.07. The second kappa shape index (κ2) is 6.03. The maximum Gasteiger partial charge on any atom is 0.253 e. The van der Waals surface area contributed by atoms with Crippen LogP contribution in [0.3, 0.4) is 0 Å². The third-order valence-electron chi connectivity index (χ3n) is 2.20. The third-order valence-corrected chi connectivity index (χ3v) is 4.19. The van der Waals surface area contributed by atoms with Crippen LogP contribution in [0.5, 0.6) is 0 Å². The monoisotopic (exact) mass is 341 g/mol. The van der Waals surface area contributed by atoms with Gasteiger partial charge in [0.15, 0.2) is 0 Å². The second-order valence-electron chi connectivity index (χ2n) is 3.88. The smallest absolute Gasteiger partial charge is 0.253 e. The molecule has 0 unspecified atom stereocenters. The van der Waals surface area contributed by atoms with Crippen LogP contribution in [0.15, 0.2) is 22.7 Å². The molecule has 1 amide bonds. The van der Waals surface area contributed by atoms with E-state index in [0.29, 0.717) is 0 Å². The van der Waals surface area contributed by atoms with Gasteiger partial charge in [0, 0.05) is 11.8 Å². The Bertz CT molecular complexity index is 424. The fraction of sp³-hybridized carbons (Fsp3) is 0.364. The predicted octanol–water partition coefficient (Wildman–Crippen LogP) is 3.55. The van der Waals surface area contributed by atoms with Gasteiger partial charge < -0.3 is 5.32 Å². The van der Waals surface area contributed by atoms with Crippen LogP contribution in [0, 0.1) is 5.82 Å². The Morgan fingerprint density at radius 1 is 1.47 bits per heavy atom. The Hall–Kier alpha value is -0.320. The van der Waals surface area contributed by atoms with Crippen molar-refractivity contribution in [3.05, 3.63) is 34.1 Å². The summed E-state index contributed by atoms with van der Waals surface area (Å²) in [6, 6.07) is 4.25. The van der Waals surface area contributed by atoms with Gasteiger partial charge in [-0.2, -0.15) is 0 Å². The fourth-order valence-electron chi connectivity index (χ4n) is 1.12. The van der Waals surface area contributed by atoms with Crippen molar-refractivity contribution in [2.75, 3.05) is 11.8 Å². The molecule has 94 valence electrons. The molecule has 0 aliphatic heterocycles. The van der Waals surface area contributed by atoms with Gasteiger partial charge in [0.05, 0.1) is 15.6 Å². The number of rotatable bonds is 4. The standard InChI is InChI=1S/C11H11BrCl2FNO/c1-11(5-13,6-14)16-10(17)7-3-2-4-8(15)9(7)12/h2-4H,5-6H2,1H3,(H,16,17). The zero-order valence-corrected chi connectivity index (χ0v) is 12.2. The number of benzene rings is 1. The van der Waals surface area contributed by atoms with E-state index in [1.54, 1.807) is 6.92 Å². The first kappa shape index (κ1) is 14.7. The topological polar surface area (TPSA) is 29.1 Å². The minimum atomic E-state index is -0.716. The van der Waals surface area contributed by atoms with Gasteiger partial charge in [-0.15, -0.1) is 23.2 Å². The minimum Gasteiger partial charge on any atom is -0.344 e. The Labute approximate surface area is 118 Å². The first-order valence-electron chi connectivity index (χ1n) is 4.82. The molecule has 0 atom stereocenters. The highest BCUT2D eigenvalue weighted by atomic mass is 79.9. The molecule has 0 aromatic heterocycles. The average molecular weight is 343 g/mol. The Balaban J connectivity index is 2.94. The summed E-state index contributed by atoms with van der Waals surface area (Å²) in [6.45, 7) is 1.72. The van der Waals surface area contributed by atoms with Gasteiger partial charge in [-0.25, -0.2) is 4.39 Å². The second-order valence-corrected chi connectivity index (χ2v) is 5.21. The molecule has 1 N–H and O–H groups in total. The normalized spacial score (nSPS) is 11.4. The van der Waals surface area contributed by atoms with Crippen molar-refractivity contribution in [1.29, 1.82) is 0 Å². The number of hydrogen-bond acceptors (Lipinski definition) is 1. The van der Waals surface area contributed by atoms with Gasteiger partial charge in [-0.1, -0.05) is 6.07 Å². The fourth-order valence-corrected chi connectivity index (χ4v) is 1.99. The first-order valence-corrected chi connectivity index (χ1v) is 6.68. The average Bonchev–Trinajstić information content (AvgIpc) is 2.32. The van der Waals surface area contributed by atoms with Crippen molar-refractivity contribution in [1.82, 2.24) is 5.32 Å². The summed E-state index contributed by atoms with van der Waals surface area (Å²) < 4.78 is 13.4. The van der Waals surface area contributed by atoms with Crippen molar-refractivity contribution in [2.45, 2.75) is 12.5 Å². The number of alkyl halides is 2. The van der Waals surface area contributed by atoms with Gasteiger partial charge >= 0.3 is 0 Å². The van der Waals surface area contributed by atoms with Crippen LogP contribution >= 0.6 is 39.1 Å².